The molecule has 4 amide bonds. The first-order valence-corrected chi connectivity index (χ1v) is 5.84. The number of amides is 4. The second kappa shape index (κ2) is 3.18. The summed E-state index contributed by atoms with van der Waals surface area (Å²) in [6, 6.07) is -0.726. The van der Waals surface area contributed by atoms with E-state index in [1.165, 1.54) is 23.6 Å². The Kier molecular flexibility index (Phi) is 1.97. The quantitative estimate of drug-likeness (QED) is 0.581. The highest BCUT2D eigenvalue weighted by Gasteiger charge is 2.60. The molecule has 1 heterocycles. The van der Waals surface area contributed by atoms with E-state index < -0.39 is 6.03 Å². The Balaban J connectivity index is 2.06. The topological polar surface area (TPSA) is 57.7 Å². The van der Waals surface area contributed by atoms with Crippen molar-refractivity contribution >= 4 is 17.8 Å². The molecule has 0 radical (unpaired) electrons. The van der Waals surface area contributed by atoms with Gasteiger partial charge in [0.15, 0.2) is 0 Å². The molecule has 3 aliphatic rings. The van der Waals surface area contributed by atoms with Gasteiger partial charge >= 0.3 is 6.03 Å². The van der Waals surface area contributed by atoms with Crippen molar-refractivity contribution in [1.82, 2.24) is 9.80 Å². The van der Waals surface area contributed by atoms with Gasteiger partial charge in [0.25, 0.3) is 0 Å². The SMILES string of the molecule is CC(=O)N1C(=O)N(C(C)=O)[C@H]2[C@@H]1[C@H]1C=C[C@@H]2C1. The standard InChI is InChI=1S/C12H14N2O3/c1-6(15)13-10-8-3-4-9(5-8)11(10)14(7(2)16)12(13)17/h3-4,8-11H,5H2,1-2H3/t8-,9+,10-,11+. The lowest BCUT2D eigenvalue weighted by Gasteiger charge is -2.26. The van der Waals surface area contributed by atoms with Crippen molar-refractivity contribution < 1.29 is 14.4 Å². The minimum absolute atomic E-state index is 0.140. The van der Waals surface area contributed by atoms with Gasteiger partial charge in [-0.05, 0) is 6.42 Å². The van der Waals surface area contributed by atoms with Crippen LogP contribution in [0.2, 0.25) is 0 Å². The van der Waals surface area contributed by atoms with Crippen LogP contribution in [0.4, 0.5) is 4.79 Å². The normalized spacial score (nSPS) is 37.9. The van der Waals surface area contributed by atoms with Crippen LogP contribution in [-0.2, 0) is 9.59 Å². The molecule has 4 atom stereocenters. The maximum absolute atomic E-state index is 12.1. The van der Waals surface area contributed by atoms with E-state index in [0.717, 1.165) is 6.42 Å². The highest BCUT2D eigenvalue weighted by atomic mass is 16.2. The minimum atomic E-state index is -0.446. The number of imide groups is 2. The number of urea groups is 1. The molecule has 3 rings (SSSR count). The molecule has 0 aromatic rings. The Hall–Kier alpha value is -1.65. The molecule has 0 aromatic heterocycles. The third-order valence-electron chi connectivity index (χ3n) is 4.06. The molecular weight excluding hydrogens is 220 g/mol. The van der Waals surface area contributed by atoms with Gasteiger partial charge in [0.2, 0.25) is 11.8 Å². The molecule has 17 heavy (non-hydrogen) atoms. The summed E-state index contributed by atoms with van der Waals surface area (Å²) in [5.41, 5.74) is 0. The smallest absolute Gasteiger partial charge is 0.275 e. The van der Waals surface area contributed by atoms with Crippen LogP contribution in [0.1, 0.15) is 20.3 Å². The van der Waals surface area contributed by atoms with E-state index in [9.17, 15) is 14.4 Å². The van der Waals surface area contributed by atoms with Crippen molar-refractivity contribution in [1.29, 1.82) is 0 Å². The van der Waals surface area contributed by atoms with E-state index in [2.05, 4.69) is 12.2 Å². The number of carbonyl (C=O) groups excluding carboxylic acids is 3. The molecule has 2 bridgehead atoms. The molecule has 2 aliphatic carbocycles. The highest BCUT2D eigenvalue weighted by molar-refractivity contribution is 6.04. The van der Waals surface area contributed by atoms with Crippen molar-refractivity contribution in [3.05, 3.63) is 12.2 Å². The Morgan fingerprint density at radius 1 is 1.06 bits per heavy atom. The predicted octanol–water partition coefficient (Wildman–Crippen LogP) is 0.760. The van der Waals surface area contributed by atoms with Crippen LogP contribution >= 0.6 is 0 Å². The van der Waals surface area contributed by atoms with Crippen LogP contribution in [0.25, 0.3) is 0 Å². The van der Waals surface area contributed by atoms with Gasteiger partial charge in [0, 0.05) is 25.7 Å². The molecular formula is C12H14N2O3. The zero-order chi connectivity index (χ0) is 12.3. The molecule has 0 unspecified atom stereocenters. The maximum atomic E-state index is 12.1. The number of hydrogen-bond donors (Lipinski definition) is 0. The first-order chi connectivity index (χ1) is 8.02. The number of nitrogens with zero attached hydrogens (tertiary/aromatic N) is 2. The monoisotopic (exact) mass is 234 g/mol. The summed E-state index contributed by atoms with van der Waals surface area (Å²) < 4.78 is 0. The van der Waals surface area contributed by atoms with Gasteiger partial charge in [-0.1, -0.05) is 12.2 Å². The molecule has 5 heteroatoms. The molecule has 0 N–H and O–H groups in total. The molecule has 0 aromatic carbocycles. The van der Waals surface area contributed by atoms with E-state index in [-0.39, 0.29) is 35.7 Å². The third-order valence-corrected chi connectivity index (χ3v) is 4.06. The second-order valence-corrected chi connectivity index (χ2v) is 4.99. The average Bonchev–Trinajstić information content (AvgIpc) is 2.84. The van der Waals surface area contributed by atoms with E-state index in [4.69, 9.17) is 0 Å². The van der Waals surface area contributed by atoms with Crippen molar-refractivity contribution in [2.24, 2.45) is 11.8 Å². The average molecular weight is 234 g/mol. The van der Waals surface area contributed by atoms with E-state index in [1.54, 1.807) is 0 Å². The predicted molar refractivity (Wildman–Crippen MR) is 58.7 cm³/mol. The van der Waals surface area contributed by atoms with Gasteiger partial charge < -0.3 is 0 Å². The second-order valence-electron chi connectivity index (χ2n) is 4.99. The summed E-state index contributed by atoms with van der Waals surface area (Å²) in [6.45, 7) is 2.77. The first-order valence-electron chi connectivity index (χ1n) is 5.84. The van der Waals surface area contributed by atoms with Gasteiger partial charge in [-0.3, -0.25) is 19.4 Å². The molecule has 1 saturated heterocycles. The molecule has 1 aliphatic heterocycles. The molecule has 5 nitrogen and oxygen atoms in total. The highest BCUT2D eigenvalue weighted by Crippen LogP contribution is 2.48. The Morgan fingerprint density at radius 2 is 1.47 bits per heavy atom. The van der Waals surface area contributed by atoms with Crippen LogP contribution in [0.15, 0.2) is 12.2 Å². The number of fused-ring (bicyclic) bond motifs is 5. The van der Waals surface area contributed by atoms with Crippen molar-refractivity contribution in [2.45, 2.75) is 32.4 Å². The third kappa shape index (κ3) is 1.16. The van der Waals surface area contributed by atoms with Crippen molar-refractivity contribution in [3.63, 3.8) is 0 Å². The Labute approximate surface area is 99.1 Å². The van der Waals surface area contributed by atoms with Gasteiger partial charge in [-0.25, -0.2) is 4.79 Å². The lowest BCUT2D eigenvalue weighted by molar-refractivity contribution is -0.127. The van der Waals surface area contributed by atoms with Gasteiger partial charge in [0.1, 0.15) is 0 Å². The fourth-order valence-corrected chi connectivity index (χ4v) is 3.52. The number of carbonyl (C=O) groups is 3. The number of rotatable bonds is 0. The van der Waals surface area contributed by atoms with Crippen LogP contribution in [-0.4, -0.2) is 39.7 Å². The van der Waals surface area contributed by atoms with Gasteiger partial charge in [-0.2, -0.15) is 0 Å². The van der Waals surface area contributed by atoms with Crippen LogP contribution in [0.5, 0.6) is 0 Å². The lowest BCUT2D eigenvalue weighted by Crippen LogP contribution is -2.42. The first kappa shape index (κ1) is 10.5. The van der Waals surface area contributed by atoms with Crippen LogP contribution in [0.3, 0.4) is 0 Å². The van der Waals surface area contributed by atoms with E-state index >= 15 is 0 Å². The molecule has 90 valence electrons. The fourth-order valence-electron chi connectivity index (χ4n) is 3.52. The summed E-state index contributed by atoms with van der Waals surface area (Å²) in [5.74, 6) is -0.0891. The summed E-state index contributed by atoms with van der Waals surface area (Å²) >= 11 is 0. The number of hydrogen-bond acceptors (Lipinski definition) is 3. The minimum Gasteiger partial charge on any atom is -0.275 e. The molecule has 1 saturated carbocycles. The Bertz CT molecular complexity index is 419. The summed E-state index contributed by atoms with van der Waals surface area (Å²) in [4.78, 5) is 37.8. The van der Waals surface area contributed by atoms with Gasteiger partial charge in [-0.15, -0.1) is 0 Å². The van der Waals surface area contributed by atoms with E-state index in [0.29, 0.717) is 0 Å². The zero-order valence-corrected chi connectivity index (χ0v) is 9.79. The van der Waals surface area contributed by atoms with Crippen molar-refractivity contribution in [2.75, 3.05) is 0 Å². The molecule has 0 spiro atoms. The van der Waals surface area contributed by atoms with Crippen LogP contribution in [0, 0.1) is 11.8 Å². The Morgan fingerprint density at radius 3 is 1.82 bits per heavy atom. The van der Waals surface area contributed by atoms with E-state index in [1.807, 2.05) is 0 Å². The van der Waals surface area contributed by atoms with Crippen molar-refractivity contribution in [3.8, 4) is 0 Å². The largest absolute Gasteiger partial charge is 0.334 e. The summed E-state index contributed by atoms with van der Waals surface area (Å²) in [6.07, 6.45) is 5.08. The molecule has 2 fully saturated rings. The van der Waals surface area contributed by atoms with Gasteiger partial charge in [0.05, 0.1) is 12.1 Å². The lowest BCUT2D eigenvalue weighted by atomic mass is 9.96. The fraction of sp³-hybridized carbons (Fsp3) is 0.583. The summed E-state index contributed by atoms with van der Waals surface area (Å²) in [7, 11) is 0. The van der Waals surface area contributed by atoms with Crippen LogP contribution < -0.4 is 0 Å². The maximum Gasteiger partial charge on any atom is 0.334 e. The summed E-state index contributed by atoms with van der Waals surface area (Å²) in [5, 5.41) is 0. The zero-order valence-electron chi connectivity index (χ0n) is 9.79.